The maximum absolute atomic E-state index is 13.1. The molecule has 0 bridgehead atoms. The maximum atomic E-state index is 13.1. The molecule has 10 nitrogen and oxygen atoms in total. The van der Waals surface area contributed by atoms with E-state index in [9.17, 15) is 35.9 Å². The number of carbonyl (C=O) groups excluding carboxylic acids is 1. The van der Waals surface area contributed by atoms with Crippen molar-refractivity contribution >= 4 is 17.5 Å². The second-order valence-corrected chi connectivity index (χ2v) is 8.27. The summed E-state index contributed by atoms with van der Waals surface area (Å²) in [6, 6.07) is -0.707. The summed E-state index contributed by atoms with van der Waals surface area (Å²) in [7, 11) is 0. The standard InChI is InChI=1S/C20H23F6N7O3/c1-11(30-14-9-29-31-17(35)16(14)20(24,25)26)10-36-32-15(34)6-12-2-4-33(5-3-12)18-27-7-13(8-28-18)19(21,22)23/h7-9,11-12H,2-6,10H2,1H3,(H,32,34)(H2,30,31,35)/t11-/m0/s1. The first-order valence-corrected chi connectivity index (χ1v) is 10.8. The normalized spacial score (nSPS) is 16.0. The van der Waals surface area contributed by atoms with Gasteiger partial charge in [0.05, 0.1) is 24.1 Å². The van der Waals surface area contributed by atoms with Gasteiger partial charge in [0.15, 0.2) is 0 Å². The lowest BCUT2D eigenvalue weighted by Crippen LogP contribution is -2.37. The number of H-pyrrole nitrogens is 1. The SMILES string of the molecule is C[C@@H](CONC(=O)CC1CCN(c2ncc(C(F)(F)F)cn2)CC1)Nc1cn[nH]c(=O)c1C(F)(F)F. The molecule has 0 spiro atoms. The Balaban J connectivity index is 1.40. The van der Waals surface area contributed by atoms with E-state index in [1.165, 1.54) is 6.92 Å². The first kappa shape index (κ1) is 27.2. The van der Waals surface area contributed by atoms with Gasteiger partial charge in [-0.05, 0) is 25.7 Å². The summed E-state index contributed by atoms with van der Waals surface area (Å²) in [6.45, 7) is 2.21. The minimum absolute atomic E-state index is 0.00805. The monoisotopic (exact) mass is 523 g/mol. The third kappa shape index (κ3) is 7.29. The molecule has 3 rings (SSSR count). The number of rotatable bonds is 8. The van der Waals surface area contributed by atoms with Crippen LogP contribution in [0.3, 0.4) is 0 Å². The summed E-state index contributed by atoms with van der Waals surface area (Å²) in [5, 5.41) is 7.57. The van der Waals surface area contributed by atoms with Crippen molar-refractivity contribution in [2.45, 2.75) is 44.6 Å². The molecule has 2 aromatic rings. The van der Waals surface area contributed by atoms with E-state index in [1.54, 1.807) is 10.00 Å². The van der Waals surface area contributed by atoms with Crippen LogP contribution in [0.2, 0.25) is 0 Å². The molecule has 3 heterocycles. The van der Waals surface area contributed by atoms with Crippen molar-refractivity contribution in [2.75, 3.05) is 29.9 Å². The lowest BCUT2D eigenvalue weighted by Gasteiger charge is -2.31. The number of amides is 1. The zero-order valence-corrected chi connectivity index (χ0v) is 18.9. The van der Waals surface area contributed by atoms with E-state index in [0.29, 0.717) is 25.9 Å². The van der Waals surface area contributed by atoms with E-state index in [-0.39, 0.29) is 24.9 Å². The molecule has 1 saturated heterocycles. The number of hydrogen-bond acceptors (Lipinski definition) is 8. The number of aromatic nitrogens is 4. The molecular weight excluding hydrogens is 500 g/mol. The second-order valence-electron chi connectivity index (χ2n) is 8.27. The van der Waals surface area contributed by atoms with Gasteiger partial charge >= 0.3 is 12.4 Å². The van der Waals surface area contributed by atoms with Crippen LogP contribution in [-0.4, -0.2) is 51.8 Å². The predicted molar refractivity (Wildman–Crippen MR) is 114 cm³/mol. The lowest BCUT2D eigenvalue weighted by molar-refractivity contribution is -0.139. The molecule has 1 aliphatic rings. The van der Waals surface area contributed by atoms with Crippen LogP contribution in [0.4, 0.5) is 38.0 Å². The van der Waals surface area contributed by atoms with Crippen LogP contribution in [0.1, 0.15) is 37.3 Å². The fourth-order valence-electron chi connectivity index (χ4n) is 3.62. The Morgan fingerprint density at radius 2 is 1.78 bits per heavy atom. The van der Waals surface area contributed by atoms with Gasteiger partial charge in [-0.25, -0.2) is 20.5 Å². The highest BCUT2D eigenvalue weighted by atomic mass is 19.4. The summed E-state index contributed by atoms with van der Waals surface area (Å²) in [5.41, 5.74) is -2.01. The van der Waals surface area contributed by atoms with Crippen LogP contribution in [0.5, 0.6) is 0 Å². The molecule has 36 heavy (non-hydrogen) atoms. The minimum Gasteiger partial charge on any atom is -0.378 e. The van der Waals surface area contributed by atoms with Gasteiger partial charge in [-0.2, -0.15) is 31.4 Å². The average Bonchev–Trinajstić information content (AvgIpc) is 2.78. The van der Waals surface area contributed by atoms with Gasteiger partial charge in [0.25, 0.3) is 5.56 Å². The number of alkyl halides is 6. The molecule has 0 aliphatic carbocycles. The Labute approximate surface area is 200 Å². The van der Waals surface area contributed by atoms with Crippen LogP contribution in [0.15, 0.2) is 23.4 Å². The van der Waals surface area contributed by atoms with Crippen LogP contribution in [0, 0.1) is 5.92 Å². The van der Waals surface area contributed by atoms with Gasteiger partial charge in [0.1, 0.15) is 5.56 Å². The van der Waals surface area contributed by atoms with Crippen LogP contribution >= 0.6 is 0 Å². The zero-order chi connectivity index (χ0) is 26.5. The van der Waals surface area contributed by atoms with Gasteiger partial charge in [-0.15, -0.1) is 0 Å². The first-order valence-electron chi connectivity index (χ1n) is 10.8. The van der Waals surface area contributed by atoms with Crippen molar-refractivity contribution in [3.63, 3.8) is 0 Å². The van der Waals surface area contributed by atoms with Crippen molar-refractivity contribution in [3.05, 3.63) is 40.1 Å². The molecule has 16 heteroatoms. The highest BCUT2D eigenvalue weighted by molar-refractivity contribution is 5.75. The van der Waals surface area contributed by atoms with Crippen molar-refractivity contribution < 1.29 is 36.0 Å². The summed E-state index contributed by atoms with van der Waals surface area (Å²) in [5.74, 6) is -0.258. The minimum atomic E-state index is -4.89. The van der Waals surface area contributed by atoms with Gasteiger partial charge in [-0.1, -0.05) is 0 Å². The predicted octanol–water partition coefficient (Wildman–Crippen LogP) is 2.75. The highest BCUT2D eigenvalue weighted by Crippen LogP contribution is 2.32. The third-order valence-corrected chi connectivity index (χ3v) is 5.40. The highest BCUT2D eigenvalue weighted by Gasteiger charge is 2.37. The molecule has 0 saturated carbocycles. The molecule has 0 aromatic carbocycles. The fourth-order valence-corrected chi connectivity index (χ4v) is 3.62. The van der Waals surface area contributed by atoms with Crippen molar-refractivity contribution in [1.29, 1.82) is 0 Å². The molecular formula is C20H23F6N7O3. The number of halogens is 6. The van der Waals surface area contributed by atoms with E-state index < -0.39 is 46.7 Å². The first-order chi connectivity index (χ1) is 16.8. The smallest absolute Gasteiger partial charge is 0.378 e. The second kappa shape index (κ2) is 11.1. The van der Waals surface area contributed by atoms with Crippen molar-refractivity contribution in [3.8, 4) is 0 Å². The molecule has 198 valence electrons. The summed E-state index contributed by atoms with van der Waals surface area (Å²) < 4.78 is 77.2. The van der Waals surface area contributed by atoms with Gasteiger partial charge in [0, 0.05) is 37.9 Å². The Morgan fingerprint density at radius 3 is 2.36 bits per heavy atom. The Bertz CT molecular complexity index is 1080. The number of nitrogens with one attached hydrogen (secondary N) is 3. The molecule has 1 amide bonds. The lowest BCUT2D eigenvalue weighted by atomic mass is 9.93. The topological polar surface area (TPSA) is 125 Å². The molecule has 1 aliphatic heterocycles. The number of piperidine rings is 1. The quantitative estimate of drug-likeness (QED) is 0.357. The third-order valence-electron chi connectivity index (χ3n) is 5.40. The number of aromatic amines is 1. The Kier molecular flexibility index (Phi) is 8.37. The molecule has 0 radical (unpaired) electrons. The van der Waals surface area contributed by atoms with Gasteiger partial charge in [0.2, 0.25) is 11.9 Å². The number of hydroxylamine groups is 1. The number of anilines is 2. The van der Waals surface area contributed by atoms with Crippen LogP contribution in [-0.2, 0) is 22.0 Å². The average molecular weight is 523 g/mol. The molecule has 0 unspecified atom stereocenters. The van der Waals surface area contributed by atoms with E-state index >= 15 is 0 Å². The molecule has 2 aromatic heterocycles. The van der Waals surface area contributed by atoms with Crippen LogP contribution in [0.25, 0.3) is 0 Å². The number of hydrogen-bond donors (Lipinski definition) is 3. The van der Waals surface area contributed by atoms with E-state index in [1.807, 2.05) is 0 Å². The molecule has 1 fully saturated rings. The fraction of sp³-hybridized carbons (Fsp3) is 0.550. The maximum Gasteiger partial charge on any atom is 0.423 e. The van der Waals surface area contributed by atoms with Crippen LogP contribution < -0.4 is 21.3 Å². The van der Waals surface area contributed by atoms with E-state index in [0.717, 1.165) is 18.6 Å². The number of nitrogens with zero attached hydrogens (tertiary/aromatic N) is 4. The molecule has 1 atom stereocenters. The summed E-state index contributed by atoms with van der Waals surface area (Å²) in [6.07, 6.45) is -5.84. The van der Waals surface area contributed by atoms with Crippen molar-refractivity contribution in [2.24, 2.45) is 5.92 Å². The molecule has 3 N–H and O–H groups in total. The van der Waals surface area contributed by atoms with Gasteiger partial charge in [-0.3, -0.25) is 14.4 Å². The Morgan fingerprint density at radius 1 is 1.14 bits per heavy atom. The summed E-state index contributed by atoms with van der Waals surface area (Å²) in [4.78, 5) is 38.0. The van der Waals surface area contributed by atoms with E-state index in [4.69, 9.17) is 4.84 Å². The Hall–Kier alpha value is -3.43. The number of carbonyl (C=O) groups is 1. The largest absolute Gasteiger partial charge is 0.423 e. The van der Waals surface area contributed by atoms with Crippen molar-refractivity contribution in [1.82, 2.24) is 25.6 Å². The summed E-state index contributed by atoms with van der Waals surface area (Å²) >= 11 is 0. The van der Waals surface area contributed by atoms with E-state index in [2.05, 4.69) is 25.9 Å². The zero-order valence-electron chi connectivity index (χ0n) is 18.9. The van der Waals surface area contributed by atoms with Gasteiger partial charge < -0.3 is 10.2 Å².